The molecule has 0 aliphatic carbocycles. The van der Waals surface area contributed by atoms with Gasteiger partial charge in [-0.15, -0.1) is 0 Å². The van der Waals surface area contributed by atoms with Crippen LogP contribution in [0.15, 0.2) is 45.9 Å². The molecule has 0 bridgehead atoms. The first kappa shape index (κ1) is 22.4. The lowest BCUT2D eigenvalue weighted by Crippen LogP contribution is -2.38. The minimum Gasteiger partial charge on any atom is -0.467 e. The van der Waals surface area contributed by atoms with E-state index < -0.39 is 10.1 Å². The van der Waals surface area contributed by atoms with Crippen molar-refractivity contribution in [1.29, 1.82) is 0 Å². The molecule has 0 atom stereocenters. The van der Waals surface area contributed by atoms with Crippen molar-refractivity contribution in [1.82, 2.24) is 4.90 Å². The maximum absolute atomic E-state index is 12.4. The molecule has 1 amide bonds. The van der Waals surface area contributed by atoms with Gasteiger partial charge in [-0.2, -0.15) is 8.42 Å². The van der Waals surface area contributed by atoms with Gasteiger partial charge in [-0.05, 0) is 55.9 Å². The smallest absolute Gasteiger partial charge is 0.409 e. The Bertz CT molecular complexity index is 927. The number of carbonyl (C=O) groups is 1. The van der Waals surface area contributed by atoms with Crippen LogP contribution in [0.1, 0.15) is 55.4 Å². The summed E-state index contributed by atoms with van der Waals surface area (Å²) in [6.45, 7) is 5.44. The Kier molecular flexibility index (Phi) is 7.55. The van der Waals surface area contributed by atoms with Crippen molar-refractivity contribution in [2.45, 2.75) is 57.0 Å². The van der Waals surface area contributed by atoms with E-state index in [1.54, 1.807) is 23.3 Å². The first-order valence-electron chi connectivity index (χ1n) is 10.3. The number of benzene rings is 1. The number of amides is 1. The van der Waals surface area contributed by atoms with Gasteiger partial charge < -0.3 is 14.1 Å². The van der Waals surface area contributed by atoms with Crippen LogP contribution in [0, 0.1) is 6.92 Å². The summed E-state index contributed by atoms with van der Waals surface area (Å²) in [5.74, 6) is 0.693. The second-order valence-electron chi connectivity index (χ2n) is 7.56. The van der Waals surface area contributed by atoms with Crippen LogP contribution in [-0.4, -0.2) is 39.1 Å². The van der Waals surface area contributed by atoms with Crippen molar-refractivity contribution in [3.05, 3.63) is 53.5 Å². The van der Waals surface area contributed by atoms with Crippen molar-refractivity contribution in [2.75, 3.05) is 19.7 Å². The minimum atomic E-state index is -3.86. The first-order chi connectivity index (χ1) is 14.4. The molecule has 7 nitrogen and oxygen atoms in total. The fraction of sp³-hybridized carbons (Fsp3) is 0.500. The number of hydrogen-bond donors (Lipinski definition) is 0. The Morgan fingerprint density at radius 3 is 2.53 bits per heavy atom. The quantitative estimate of drug-likeness (QED) is 0.445. The van der Waals surface area contributed by atoms with Crippen LogP contribution in [0.3, 0.4) is 0 Å². The molecule has 0 unspecified atom stereocenters. The van der Waals surface area contributed by atoms with Crippen molar-refractivity contribution in [3.8, 4) is 0 Å². The Hall–Kier alpha value is -2.32. The molecule has 3 rings (SSSR count). The van der Waals surface area contributed by atoms with E-state index in [1.807, 2.05) is 13.0 Å². The van der Waals surface area contributed by atoms with Gasteiger partial charge in [0.2, 0.25) is 0 Å². The van der Waals surface area contributed by atoms with E-state index >= 15 is 0 Å². The molecule has 2 aromatic rings. The van der Waals surface area contributed by atoms with Crippen LogP contribution in [0.2, 0.25) is 0 Å². The largest absolute Gasteiger partial charge is 0.467 e. The summed E-state index contributed by atoms with van der Waals surface area (Å²) >= 11 is 0. The third kappa shape index (κ3) is 5.64. The lowest BCUT2D eigenvalue weighted by Gasteiger charge is -2.31. The Labute approximate surface area is 178 Å². The van der Waals surface area contributed by atoms with Crippen LogP contribution in [-0.2, 0) is 25.6 Å². The van der Waals surface area contributed by atoms with Gasteiger partial charge in [0.15, 0.2) is 0 Å². The molecule has 0 spiro atoms. The van der Waals surface area contributed by atoms with Gasteiger partial charge >= 0.3 is 6.09 Å². The van der Waals surface area contributed by atoms with Gasteiger partial charge in [-0.1, -0.05) is 31.0 Å². The number of nitrogens with zero attached hydrogens (tertiary/aromatic N) is 1. The van der Waals surface area contributed by atoms with E-state index in [4.69, 9.17) is 13.3 Å². The number of likely N-dealkylation sites (tertiary alicyclic amines) is 1. The van der Waals surface area contributed by atoms with Crippen molar-refractivity contribution in [3.63, 3.8) is 0 Å². The highest BCUT2D eigenvalue weighted by molar-refractivity contribution is 7.86. The standard InChI is InChI=1S/C22H29NO6S/c1-3-4-14-28-22(24)23-12-9-18(10-13-23)20-11-15-27-21(20)16-29-30(25,26)19-7-5-17(2)6-8-19/h5-8,11,15,18H,3-4,9-10,12-14,16H2,1-2H3. The molecule has 30 heavy (non-hydrogen) atoms. The Morgan fingerprint density at radius 1 is 1.17 bits per heavy atom. The van der Waals surface area contributed by atoms with Crippen LogP contribution < -0.4 is 0 Å². The summed E-state index contributed by atoms with van der Waals surface area (Å²) in [4.78, 5) is 13.9. The molecule has 1 aromatic heterocycles. The molecule has 1 fully saturated rings. The predicted octanol–water partition coefficient (Wildman–Crippen LogP) is 4.61. The molecule has 0 radical (unpaired) electrons. The number of unbranched alkanes of at least 4 members (excludes halogenated alkanes) is 1. The van der Waals surface area contributed by atoms with Crippen molar-refractivity contribution in [2.24, 2.45) is 0 Å². The maximum atomic E-state index is 12.4. The Balaban J connectivity index is 1.56. The predicted molar refractivity (Wildman–Crippen MR) is 112 cm³/mol. The zero-order chi connectivity index (χ0) is 21.6. The lowest BCUT2D eigenvalue weighted by atomic mass is 9.90. The van der Waals surface area contributed by atoms with E-state index in [1.165, 1.54) is 12.1 Å². The van der Waals surface area contributed by atoms with Crippen LogP contribution in [0.25, 0.3) is 0 Å². The molecular weight excluding hydrogens is 406 g/mol. The molecule has 1 aromatic carbocycles. The van der Waals surface area contributed by atoms with Gasteiger partial charge in [0.05, 0.1) is 17.8 Å². The molecule has 8 heteroatoms. The van der Waals surface area contributed by atoms with Gasteiger partial charge in [0, 0.05) is 13.1 Å². The van der Waals surface area contributed by atoms with E-state index in [0.29, 0.717) is 25.5 Å². The highest BCUT2D eigenvalue weighted by atomic mass is 32.2. The third-order valence-corrected chi connectivity index (χ3v) is 6.63. The van der Waals surface area contributed by atoms with Gasteiger partial charge in [-0.3, -0.25) is 4.18 Å². The minimum absolute atomic E-state index is 0.121. The summed E-state index contributed by atoms with van der Waals surface area (Å²) < 4.78 is 40.9. The zero-order valence-corrected chi connectivity index (χ0v) is 18.3. The van der Waals surface area contributed by atoms with Crippen LogP contribution in [0.4, 0.5) is 4.79 Å². The lowest BCUT2D eigenvalue weighted by molar-refractivity contribution is 0.0914. The molecule has 0 N–H and O–H groups in total. The van der Waals surface area contributed by atoms with E-state index in [9.17, 15) is 13.2 Å². The zero-order valence-electron chi connectivity index (χ0n) is 17.5. The number of carbonyl (C=O) groups excluding carboxylic acids is 1. The second-order valence-corrected chi connectivity index (χ2v) is 9.17. The number of hydrogen-bond acceptors (Lipinski definition) is 6. The highest BCUT2D eigenvalue weighted by Gasteiger charge is 2.28. The molecule has 0 saturated carbocycles. The number of rotatable bonds is 8. The van der Waals surface area contributed by atoms with Crippen molar-refractivity contribution >= 4 is 16.2 Å². The van der Waals surface area contributed by atoms with E-state index in [2.05, 4.69) is 6.92 Å². The fourth-order valence-corrected chi connectivity index (χ4v) is 4.37. The monoisotopic (exact) mass is 435 g/mol. The molecule has 1 aliphatic rings. The first-order valence-corrected chi connectivity index (χ1v) is 11.8. The van der Waals surface area contributed by atoms with E-state index in [-0.39, 0.29) is 23.5 Å². The highest BCUT2D eigenvalue weighted by Crippen LogP contribution is 2.32. The maximum Gasteiger partial charge on any atom is 0.409 e. The molecule has 2 heterocycles. The summed E-state index contributed by atoms with van der Waals surface area (Å²) in [6, 6.07) is 8.38. The SMILES string of the molecule is CCCCOC(=O)N1CCC(c2ccoc2COS(=O)(=O)c2ccc(C)cc2)CC1. The Morgan fingerprint density at radius 2 is 1.87 bits per heavy atom. The van der Waals surface area contributed by atoms with Gasteiger partial charge in [0.25, 0.3) is 10.1 Å². The number of piperidine rings is 1. The number of ether oxygens (including phenoxy) is 1. The fourth-order valence-electron chi connectivity index (χ4n) is 3.50. The third-order valence-electron chi connectivity index (χ3n) is 5.35. The summed E-state index contributed by atoms with van der Waals surface area (Å²) in [7, 11) is -3.86. The molecular formula is C22H29NO6S. The second kappa shape index (κ2) is 10.1. The van der Waals surface area contributed by atoms with Crippen LogP contribution >= 0.6 is 0 Å². The average molecular weight is 436 g/mol. The normalized spacial score (nSPS) is 15.3. The topological polar surface area (TPSA) is 86.0 Å². The van der Waals surface area contributed by atoms with Crippen LogP contribution in [0.5, 0.6) is 0 Å². The summed E-state index contributed by atoms with van der Waals surface area (Å²) in [6.07, 6.45) is 4.67. The number of furan rings is 1. The molecule has 1 aliphatic heterocycles. The summed E-state index contributed by atoms with van der Waals surface area (Å²) in [5.41, 5.74) is 1.91. The molecule has 164 valence electrons. The number of aryl methyl sites for hydroxylation is 1. The summed E-state index contributed by atoms with van der Waals surface area (Å²) in [5, 5.41) is 0. The van der Waals surface area contributed by atoms with Gasteiger partial charge in [0.1, 0.15) is 12.4 Å². The average Bonchev–Trinajstić information content (AvgIpc) is 3.21. The van der Waals surface area contributed by atoms with Crippen molar-refractivity contribution < 1.29 is 26.5 Å². The van der Waals surface area contributed by atoms with E-state index in [0.717, 1.165) is 36.8 Å². The van der Waals surface area contributed by atoms with Gasteiger partial charge in [-0.25, -0.2) is 4.79 Å². The molecule has 1 saturated heterocycles.